The van der Waals surface area contributed by atoms with Gasteiger partial charge >= 0.3 is 12.1 Å². The Bertz CT molecular complexity index is 1470. The van der Waals surface area contributed by atoms with Gasteiger partial charge in [-0.3, -0.25) is 10.7 Å². The second kappa shape index (κ2) is 12.4. The monoisotopic (exact) mass is 538 g/mol. The second-order valence-electron chi connectivity index (χ2n) is 10.4. The molecule has 0 fully saturated rings. The van der Waals surface area contributed by atoms with Crippen LogP contribution >= 0.6 is 0 Å². The molecule has 1 heterocycles. The van der Waals surface area contributed by atoms with E-state index in [0.29, 0.717) is 17.9 Å². The molecule has 8 nitrogen and oxygen atoms in total. The molecule has 8 heteroatoms. The number of nitrogens with one attached hydrogen (secondary N) is 3. The highest BCUT2D eigenvalue weighted by Crippen LogP contribution is 2.28. The van der Waals surface area contributed by atoms with Crippen molar-refractivity contribution in [2.24, 2.45) is 0 Å². The van der Waals surface area contributed by atoms with Crippen molar-refractivity contribution in [1.29, 1.82) is 5.41 Å². The Hall–Kier alpha value is -4.72. The summed E-state index contributed by atoms with van der Waals surface area (Å²) >= 11 is 0. The molecule has 40 heavy (non-hydrogen) atoms. The Morgan fingerprint density at radius 3 is 2.33 bits per heavy atom. The zero-order valence-electron chi connectivity index (χ0n) is 23.2. The quantitative estimate of drug-likeness (QED) is 0.152. The topological polar surface area (TPSA) is 117 Å². The first-order valence-electron chi connectivity index (χ1n) is 13.2. The maximum absolute atomic E-state index is 12.6. The van der Waals surface area contributed by atoms with E-state index in [1.54, 1.807) is 6.20 Å². The lowest BCUT2D eigenvalue weighted by Crippen LogP contribution is -2.27. The first kappa shape index (κ1) is 28.3. The van der Waals surface area contributed by atoms with Crippen LogP contribution in [0.3, 0.4) is 0 Å². The largest absolute Gasteiger partial charge is 0.456 e. The first-order chi connectivity index (χ1) is 19.1. The highest BCUT2D eigenvalue weighted by molar-refractivity contribution is 6.37. The zero-order valence-corrected chi connectivity index (χ0v) is 23.2. The van der Waals surface area contributed by atoms with Crippen molar-refractivity contribution in [3.05, 3.63) is 96.4 Å². The molecule has 1 atom stereocenters. The lowest BCUT2D eigenvalue weighted by molar-refractivity contribution is -0.137. The number of hydrogen-bond acceptors (Lipinski definition) is 6. The second-order valence-corrected chi connectivity index (χ2v) is 10.4. The molecule has 0 saturated heterocycles. The van der Waals surface area contributed by atoms with E-state index >= 15 is 0 Å². The highest BCUT2D eigenvalue weighted by atomic mass is 16.6. The Labute approximate surface area is 234 Å². The van der Waals surface area contributed by atoms with Gasteiger partial charge in [0.25, 0.3) is 0 Å². The number of esters is 1. The predicted octanol–water partition coefficient (Wildman–Crippen LogP) is 7.35. The van der Waals surface area contributed by atoms with Crippen molar-refractivity contribution in [2.45, 2.75) is 52.2 Å². The van der Waals surface area contributed by atoms with Crippen molar-refractivity contribution >= 4 is 23.5 Å². The van der Waals surface area contributed by atoms with Crippen LogP contribution < -0.4 is 5.32 Å². The van der Waals surface area contributed by atoms with Crippen LogP contribution in [0.1, 0.15) is 51.4 Å². The standard InChI is InChI=1S/C32H34N4O4/c1-5-26(28(33)30(37)39-20-21-10-7-6-8-11-21)29-34-19-27(36-29)23-16-14-22(15-17-23)24-12-9-13-25(18-24)35-31(38)40-32(2,3)4/h6-19,26,33H,5,20H2,1-4H3,(H,34,36)(H,35,38). The molecule has 4 rings (SSSR count). The van der Waals surface area contributed by atoms with Crippen molar-refractivity contribution in [2.75, 3.05) is 5.32 Å². The molecule has 4 aromatic rings. The number of carbonyl (C=O) groups excluding carboxylic acids is 2. The van der Waals surface area contributed by atoms with Gasteiger partial charge in [0.1, 0.15) is 23.7 Å². The Kier molecular flexibility index (Phi) is 8.79. The van der Waals surface area contributed by atoms with Crippen molar-refractivity contribution in [3.8, 4) is 22.4 Å². The number of carbonyl (C=O) groups is 2. The summed E-state index contributed by atoms with van der Waals surface area (Å²) in [6, 6.07) is 24.9. The number of H-pyrrole nitrogens is 1. The summed E-state index contributed by atoms with van der Waals surface area (Å²) in [7, 11) is 0. The number of benzene rings is 3. The smallest absolute Gasteiger partial charge is 0.412 e. The number of nitrogens with zero attached hydrogens (tertiary/aromatic N) is 1. The molecule has 0 spiro atoms. The fraction of sp³-hybridized carbons (Fsp3) is 0.250. The SMILES string of the molecule is CCC(C(=N)C(=O)OCc1ccccc1)c1ncc(-c2ccc(-c3cccc(NC(=O)OC(C)(C)C)c3)cc2)[nH]1. The number of hydrogen-bond donors (Lipinski definition) is 3. The average molecular weight is 539 g/mol. The molecule has 0 bridgehead atoms. The first-order valence-corrected chi connectivity index (χ1v) is 13.2. The number of rotatable bonds is 9. The van der Waals surface area contributed by atoms with Gasteiger partial charge in [0, 0.05) is 5.69 Å². The van der Waals surface area contributed by atoms with Crippen LogP contribution in [-0.2, 0) is 20.9 Å². The minimum Gasteiger partial charge on any atom is -0.456 e. The van der Waals surface area contributed by atoms with Gasteiger partial charge in [0.15, 0.2) is 0 Å². The normalized spacial score (nSPS) is 11.9. The summed E-state index contributed by atoms with van der Waals surface area (Å²) in [5, 5.41) is 11.2. The molecule has 0 radical (unpaired) electrons. The van der Waals surface area contributed by atoms with E-state index in [9.17, 15) is 9.59 Å². The third-order valence-corrected chi connectivity index (χ3v) is 6.15. The average Bonchev–Trinajstić information content (AvgIpc) is 3.41. The van der Waals surface area contributed by atoms with Crippen LogP contribution in [-0.4, -0.2) is 33.3 Å². The van der Waals surface area contributed by atoms with Gasteiger partial charge < -0.3 is 14.5 Å². The van der Waals surface area contributed by atoms with Gasteiger partial charge in [-0.15, -0.1) is 0 Å². The van der Waals surface area contributed by atoms with Gasteiger partial charge in [-0.05, 0) is 61.6 Å². The molecule has 206 valence electrons. The predicted molar refractivity (Wildman–Crippen MR) is 156 cm³/mol. The highest BCUT2D eigenvalue weighted by Gasteiger charge is 2.25. The van der Waals surface area contributed by atoms with Gasteiger partial charge in [-0.1, -0.05) is 73.7 Å². The number of aromatic amines is 1. The van der Waals surface area contributed by atoms with Crippen LogP contribution in [0.25, 0.3) is 22.4 Å². The molecular weight excluding hydrogens is 504 g/mol. The third kappa shape index (κ3) is 7.44. The number of anilines is 1. The third-order valence-electron chi connectivity index (χ3n) is 6.15. The number of ether oxygens (including phenoxy) is 2. The minimum absolute atomic E-state index is 0.119. The molecule has 0 aliphatic carbocycles. The van der Waals surface area contributed by atoms with Gasteiger partial charge in [-0.2, -0.15) is 0 Å². The Morgan fingerprint density at radius 1 is 0.950 bits per heavy atom. The van der Waals surface area contributed by atoms with Gasteiger partial charge in [0.2, 0.25) is 0 Å². The van der Waals surface area contributed by atoms with E-state index < -0.39 is 23.6 Å². The number of imidazole rings is 1. The molecule has 1 unspecified atom stereocenters. The Morgan fingerprint density at radius 2 is 1.65 bits per heavy atom. The summed E-state index contributed by atoms with van der Waals surface area (Å²) in [6.07, 6.45) is 1.73. The molecule has 1 amide bonds. The fourth-order valence-corrected chi connectivity index (χ4v) is 4.18. The van der Waals surface area contributed by atoms with Crippen LogP contribution in [0.5, 0.6) is 0 Å². The lowest BCUT2D eigenvalue weighted by Gasteiger charge is -2.19. The summed E-state index contributed by atoms with van der Waals surface area (Å²) in [6.45, 7) is 7.49. The minimum atomic E-state index is -0.651. The summed E-state index contributed by atoms with van der Waals surface area (Å²) in [5.74, 6) is -0.609. The molecular formula is C32H34N4O4. The molecule has 0 saturated carbocycles. The maximum atomic E-state index is 12.6. The van der Waals surface area contributed by atoms with E-state index in [1.165, 1.54) is 0 Å². The van der Waals surface area contributed by atoms with E-state index in [0.717, 1.165) is 27.9 Å². The van der Waals surface area contributed by atoms with Crippen LogP contribution in [0.4, 0.5) is 10.5 Å². The number of aromatic nitrogens is 2. The summed E-state index contributed by atoms with van der Waals surface area (Å²) < 4.78 is 10.7. The van der Waals surface area contributed by atoms with Crippen LogP contribution in [0.2, 0.25) is 0 Å². The van der Waals surface area contributed by atoms with Crippen molar-refractivity contribution < 1.29 is 19.1 Å². The van der Waals surface area contributed by atoms with Crippen molar-refractivity contribution in [1.82, 2.24) is 9.97 Å². The maximum Gasteiger partial charge on any atom is 0.412 e. The van der Waals surface area contributed by atoms with Crippen molar-refractivity contribution in [3.63, 3.8) is 0 Å². The van der Waals surface area contributed by atoms with Crippen LogP contribution in [0, 0.1) is 5.41 Å². The van der Waals surface area contributed by atoms with Crippen LogP contribution in [0.15, 0.2) is 85.1 Å². The molecule has 3 aromatic carbocycles. The fourth-order valence-electron chi connectivity index (χ4n) is 4.18. The molecule has 0 aliphatic heterocycles. The number of amides is 1. The van der Waals surface area contributed by atoms with Gasteiger partial charge in [-0.25, -0.2) is 14.6 Å². The lowest BCUT2D eigenvalue weighted by atomic mass is 9.99. The zero-order chi connectivity index (χ0) is 28.7. The van der Waals surface area contributed by atoms with E-state index in [-0.39, 0.29) is 12.3 Å². The van der Waals surface area contributed by atoms with Gasteiger partial charge in [0.05, 0.1) is 17.8 Å². The molecule has 3 N–H and O–H groups in total. The molecule has 0 aliphatic rings. The molecule has 1 aromatic heterocycles. The Balaban J connectivity index is 1.42. The van der Waals surface area contributed by atoms with E-state index in [4.69, 9.17) is 14.9 Å². The van der Waals surface area contributed by atoms with E-state index in [1.807, 2.05) is 107 Å². The summed E-state index contributed by atoms with van der Waals surface area (Å²) in [5.41, 5.74) is 4.42. The summed E-state index contributed by atoms with van der Waals surface area (Å²) in [4.78, 5) is 32.5. The van der Waals surface area contributed by atoms with E-state index in [2.05, 4.69) is 15.3 Å².